The largest absolute Gasteiger partial charge is 0.468 e. The number of nitrogens with zero attached hydrogens (tertiary/aromatic N) is 3. The molecule has 1 amide bonds. The lowest BCUT2D eigenvalue weighted by Crippen LogP contribution is -2.43. The molecule has 0 aromatic carbocycles. The van der Waals surface area contributed by atoms with Crippen molar-refractivity contribution in [2.75, 3.05) is 20.2 Å². The van der Waals surface area contributed by atoms with Crippen LogP contribution in [-0.2, 0) is 14.3 Å². The standard InChI is InChI=1S/C19H21N3O3S2/c1-25-19(24)14-5-2-8-21(14)12-18(23)22-15(17-7-4-10-27-17)11-13(20-22)16-6-3-9-26-16/h3-4,6-7,9-10,14-15H,2,5,8,11-12H2,1H3. The first-order valence-electron chi connectivity index (χ1n) is 8.96. The second kappa shape index (κ2) is 7.92. The predicted octanol–water partition coefficient (Wildman–Crippen LogP) is 3.12. The van der Waals surface area contributed by atoms with Gasteiger partial charge in [0, 0.05) is 11.3 Å². The van der Waals surface area contributed by atoms with E-state index >= 15 is 0 Å². The number of thiophene rings is 2. The van der Waals surface area contributed by atoms with E-state index in [4.69, 9.17) is 4.74 Å². The summed E-state index contributed by atoms with van der Waals surface area (Å²) >= 11 is 3.28. The van der Waals surface area contributed by atoms with Gasteiger partial charge in [0.25, 0.3) is 5.91 Å². The number of ether oxygens (including phenoxy) is 1. The molecular weight excluding hydrogens is 382 g/mol. The Hall–Kier alpha value is -2.03. The summed E-state index contributed by atoms with van der Waals surface area (Å²) in [5, 5.41) is 10.3. The molecule has 2 aliphatic heterocycles. The molecule has 1 saturated heterocycles. The number of hydrazone groups is 1. The SMILES string of the molecule is COC(=O)C1CCCN1CC(=O)N1N=C(c2cccs2)CC1c1cccs1. The van der Waals surface area contributed by atoms with Gasteiger partial charge >= 0.3 is 5.97 Å². The van der Waals surface area contributed by atoms with Gasteiger partial charge in [-0.15, -0.1) is 22.7 Å². The van der Waals surface area contributed by atoms with E-state index in [9.17, 15) is 9.59 Å². The first-order chi connectivity index (χ1) is 13.2. The molecule has 0 aliphatic carbocycles. The normalized spacial score (nSPS) is 22.9. The van der Waals surface area contributed by atoms with Gasteiger partial charge in [0.15, 0.2) is 0 Å². The Labute approximate surface area is 166 Å². The molecule has 2 atom stereocenters. The van der Waals surface area contributed by atoms with Gasteiger partial charge in [0.1, 0.15) is 6.04 Å². The second-order valence-electron chi connectivity index (χ2n) is 6.65. The van der Waals surface area contributed by atoms with Crippen LogP contribution in [0.5, 0.6) is 0 Å². The molecule has 4 heterocycles. The second-order valence-corrected chi connectivity index (χ2v) is 8.58. The molecule has 142 valence electrons. The fourth-order valence-electron chi connectivity index (χ4n) is 3.70. The first-order valence-corrected chi connectivity index (χ1v) is 10.7. The molecule has 4 rings (SSSR count). The van der Waals surface area contributed by atoms with Crippen molar-refractivity contribution in [2.24, 2.45) is 5.10 Å². The van der Waals surface area contributed by atoms with Crippen molar-refractivity contribution in [3.63, 3.8) is 0 Å². The third kappa shape index (κ3) is 3.69. The summed E-state index contributed by atoms with van der Waals surface area (Å²) in [7, 11) is 1.39. The highest BCUT2D eigenvalue weighted by atomic mass is 32.1. The lowest BCUT2D eigenvalue weighted by Gasteiger charge is -2.26. The van der Waals surface area contributed by atoms with E-state index in [0.29, 0.717) is 6.42 Å². The number of amides is 1. The van der Waals surface area contributed by atoms with Crippen LogP contribution in [0.3, 0.4) is 0 Å². The maximum absolute atomic E-state index is 13.1. The van der Waals surface area contributed by atoms with E-state index in [1.807, 2.05) is 33.9 Å². The van der Waals surface area contributed by atoms with Crippen LogP contribution < -0.4 is 0 Å². The van der Waals surface area contributed by atoms with Crippen LogP contribution in [0.25, 0.3) is 0 Å². The summed E-state index contributed by atoms with van der Waals surface area (Å²) < 4.78 is 4.89. The van der Waals surface area contributed by atoms with Crippen LogP contribution in [0.15, 0.2) is 40.1 Å². The molecule has 0 radical (unpaired) electrons. The van der Waals surface area contributed by atoms with E-state index in [1.54, 1.807) is 27.7 Å². The van der Waals surface area contributed by atoms with Crippen LogP contribution in [0.2, 0.25) is 0 Å². The Morgan fingerprint density at radius 2 is 2.07 bits per heavy atom. The van der Waals surface area contributed by atoms with E-state index in [1.165, 1.54) is 7.11 Å². The van der Waals surface area contributed by atoms with Crippen LogP contribution in [0.1, 0.15) is 35.1 Å². The Kier molecular flexibility index (Phi) is 5.38. The van der Waals surface area contributed by atoms with Crippen LogP contribution >= 0.6 is 22.7 Å². The van der Waals surface area contributed by atoms with Crippen molar-refractivity contribution >= 4 is 40.3 Å². The molecule has 2 aliphatic rings. The molecule has 0 spiro atoms. The summed E-state index contributed by atoms with van der Waals surface area (Å²) in [5.41, 5.74) is 0.947. The van der Waals surface area contributed by atoms with Crippen molar-refractivity contribution in [3.8, 4) is 0 Å². The van der Waals surface area contributed by atoms with E-state index in [-0.39, 0.29) is 30.5 Å². The quantitative estimate of drug-likeness (QED) is 0.720. The molecule has 0 saturated carbocycles. The third-order valence-corrected chi connectivity index (χ3v) is 6.91. The van der Waals surface area contributed by atoms with E-state index in [2.05, 4.69) is 11.2 Å². The number of likely N-dealkylation sites (tertiary alicyclic amines) is 1. The van der Waals surface area contributed by atoms with Crippen molar-refractivity contribution in [1.29, 1.82) is 0 Å². The molecule has 2 unspecified atom stereocenters. The number of esters is 1. The van der Waals surface area contributed by atoms with E-state index in [0.717, 1.165) is 34.9 Å². The van der Waals surface area contributed by atoms with Crippen LogP contribution in [0, 0.1) is 0 Å². The number of carbonyl (C=O) groups excluding carboxylic acids is 2. The Morgan fingerprint density at radius 3 is 2.78 bits per heavy atom. The number of methoxy groups -OCH3 is 1. The molecular formula is C19H21N3O3S2. The zero-order chi connectivity index (χ0) is 18.8. The molecule has 8 heteroatoms. The average Bonchev–Trinajstić information content (AvgIpc) is 3.47. The van der Waals surface area contributed by atoms with Crippen molar-refractivity contribution in [2.45, 2.75) is 31.3 Å². The van der Waals surface area contributed by atoms with Crippen molar-refractivity contribution < 1.29 is 14.3 Å². The summed E-state index contributed by atoms with van der Waals surface area (Å²) in [6.45, 7) is 0.910. The first kappa shape index (κ1) is 18.3. The fourth-order valence-corrected chi connectivity index (χ4v) is 5.23. The Morgan fingerprint density at radius 1 is 1.26 bits per heavy atom. The molecule has 0 bridgehead atoms. The predicted molar refractivity (Wildman–Crippen MR) is 106 cm³/mol. The molecule has 2 aromatic rings. The molecule has 1 fully saturated rings. The minimum absolute atomic E-state index is 0.0734. The van der Waals surface area contributed by atoms with Gasteiger partial charge in [-0.3, -0.25) is 14.5 Å². The smallest absolute Gasteiger partial charge is 0.323 e. The summed E-state index contributed by atoms with van der Waals surface area (Å²) in [6, 6.07) is 7.68. The highest BCUT2D eigenvalue weighted by molar-refractivity contribution is 7.12. The number of rotatable bonds is 5. The van der Waals surface area contributed by atoms with Gasteiger partial charge in [-0.05, 0) is 42.3 Å². The number of hydrogen-bond acceptors (Lipinski definition) is 7. The van der Waals surface area contributed by atoms with Crippen molar-refractivity contribution in [1.82, 2.24) is 9.91 Å². The maximum atomic E-state index is 13.1. The summed E-state index contributed by atoms with van der Waals surface area (Å²) in [4.78, 5) is 29.2. The van der Waals surface area contributed by atoms with Gasteiger partial charge in [0.05, 0.1) is 30.3 Å². The number of hydrogen-bond donors (Lipinski definition) is 0. The van der Waals surface area contributed by atoms with Gasteiger partial charge in [-0.1, -0.05) is 12.1 Å². The molecule has 2 aromatic heterocycles. The zero-order valence-electron chi connectivity index (χ0n) is 15.0. The zero-order valence-corrected chi connectivity index (χ0v) is 16.7. The average molecular weight is 404 g/mol. The van der Waals surface area contributed by atoms with Crippen LogP contribution in [-0.4, -0.2) is 53.7 Å². The van der Waals surface area contributed by atoms with Gasteiger partial charge in [-0.2, -0.15) is 5.10 Å². The molecule has 27 heavy (non-hydrogen) atoms. The lowest BCUT2D eigenvalue weighted by molar-refractivity contribution is -0.147. The minimum atomic E-state index is -0.331. The van der Waals surface area contributed by atoms with E-state index < -0.39 is 0 Å². The fraction of sp³-hybridized carbons (Fsp3) is 0.421. The summed E-state index contributed by atoms with van der Waals surface area (Å²) in [6.07, 6.45) is 2.34. The van der Waals surface area contributed by atoms with Crippen LogP contribution in [0.4, 0.5) is 0 Å². The highest BCUT2D eigenvalue weighted by Crippen LogP contribution is 2.36. The minimum Gasteiger partial charge on any atom is -0.468 e. The maximum Gasteiger partial charge on any atom is 0.323 e. The Bertz CT molecular complexity index is 833. The third-order valence-electron chi connectivity index (χ3n) is 5.02. The monoisotopic (exact) mass is 403 g/mol. The van der Waals surface area contributed by atoms with Gasteiger partial charge in [-0.25, -0.2) is 5.01 Å². The van der Waals surface area contributed by atoms with Gasteiger partial charge in [0.2, 0.25) is 0 Å². The summed E-state index contributed by atoms with van der Waals surface area (Å²) in [5.74, 6) is -0.338. The molecule has 0 N–H and O–H groups in total. The molecule has 6 nitrogen and oxygen atoms in total. The Balaban J connectivity index is 1.55. The lowest BCUT2D eigenvalue weighted by atomic mass is 10.1. The highest BCUT2D eigenvalue weighted by Gasteiger charge is 2.38. The topological polar surface area (TPSA) is 62.2 Å². The van der Waals surface area contributed by atoms with Gasteiger partial charge < -0.3 is 4.74 Å². The number of carbonyl (C=O) groups is 2. The van der Waals surface area contributed by atoms with Crippen molar-refractivity contribution in [3.05, 3.63) is 44.8 Å².